The molecule has 2 atom stereocenters. The van der Waals surface area contributed by atoms with Crippen molar-refractivity contribution in [1.29, 1.82) is 0 Å². The third-order valence-electron chi connectivity index (χ3n) is 4.86. The van der Waals surface area contributed by atoms with E-state index in [9.17, 15) is 10.2 Å². The Morgan fingerprint density at radius 2 is 1.56 bits per heavy atom. The van der Waals surface area contributed by atoms with Gasteiger partial charge in [-0.2, -0.15) is 0 Å². The van der Waals surface area contributed by atoms with Crippen LogP contribution in [0.5, 0.6) is 0 Å². The van der Waals surface area contributed by atoms with Crippen molar-refractivity contribution in [1.82, 2.24) is 5.32 Å². The van der Waals surface area contributed by atoms with Crippen LogP contribution in [0.1, 0.15) is 40.0 Å². The van der Waals surface area contributed by atoms with Crippen LogP contribution in [0, 0.1) is 6.92 Å². The molecule has 4 heteroatoms. The van der Waals surface area contributed by atoms with E-state index in [0.717, 1.165) is 16.9 Å². The summed E-state index contributed by atoms with van der Waals surface area (Å²) in [6.45, 7) is 2.62. The summed E-state index contributed by atoms with van der Waals surface area (Å²) in [7, 11) is 0. The number of thiophene rings is 1. The van der Waals surface area contributed by atoms with E-state index in [2.05, 4.69) is 53.8 Å². The molecule has 0 bridgehead atoms. The molecule has 0 fully saturated rings. The summed E-state index contributed by atoms with van der Waals surface area (Å²) in [5.74, 6) is 0.278. The van der Waals surface area contributed by atoms with Crippen molar-refractivity contribution in [2.45, 2.75) is 31.4 Å². The molecular formula is C23H27NO2S. The van der Waals surface area contributed by atoms with Gasteiger partial charge in [0.05, 0.1) is 12.6 Å². The van der Waals surface area contributed by atoms with E-state index < -0.39 is 6.10 Å². The first-order chi connectivity index (χ1) is 13.2. The molecular weight excluding hydrogens is 354 g/mol. The Morgan fingerprint density at radius 3 is 2.04 bits per heavy atom. The van der Waals surface area contributed by atoms with Gasteiger partial charge >= 0.3 is 0 Å². The second-order valence-corrected chi connectivity index (χ2v) is 7.82. The number of rotatable bonds is 9. The number of benzene rings is 2. The van der Waals surface area contributed by atoms with Crippen molar-refractivity contribution in [3.8, 4) is 0 Å². The van der Waals surface area contributed by atoms with Crippen LogP contribution in [0.3, 0.4) is 0 Å². The molecule has 2 aromatic carbocycles. The highest BCUT2D eigenvalue weighted by atomic mass is 32.1. The van der Waals surface area contributed by atoms with Crippen LogP contribution < -0.4 is 5.32 Å². The Morgan fingerprint density at radius 1 is 0.963 bits per heavy atom. The maximum atomic E-state index is 10.6. The van der Waals surface area contributed by atoms with Gasteiger partial charge in [-0.05, 0) is 48.0 Å². The molecule has 0 saturated carbocycles. The normalized spacial score (nSPS) is 13.6. The number of aliphatic hydroxyl groups is 2. The predicted octanol–water partition coefficient (Wildman–Crippen LogP) is 4.26. The maximum absolute atomic E-state index is 10.6. The van der Waals surface area contributed by atoms with Gasteiger partial charge in [-0.3, -0.25) is 0 Å². The van der Waals surface area contributed by atoms with Gasteiger partial charge in [-0.1, -0.05) is 60.7 Å². The highest BCUT2D eigenvalue weighted by Gasteiger charge is 2.22. The zero-order valence-electron chi connectivity index (χ0n) is 15.6. The van der Waals surface area contributed by atoms with E-state index in [0.29, 0.717) is 6.54 Å². The van der Waals surface area contributed by atoms with Crippen LogP contribution in [0.4, 0.5) is 0 Å². The quantitative estimate of drug-likeness (QED) is 0.519. The third kappa shape index (κ3) is 5.27. The maximum Gasteiger partial charge on any atom is 0.106 e. The Kier molecular flexibility index (Phi) is 7.18. The molecule has 1 heterocycles. The fourth-order valence-corrected chi connectivity index (χ4v) is 4.34. The van der Waals surface area contributed by atoms with Gasteiger partial charge in [-0.15, -0.1) is 11.3 Å². The van der Waals surface area contributed by atoms with Crippen molar-refractivity contribution in [2.24, 2.45) is 0 Å². The molecule has 3 nitrogen and oxygen atoms in total. The van der Waals surface area contributed by atoms with E-state index in [4.69, 9.17) is 0 Å². The van der Waals surface area contributed by atoms with E-state index in [1.165, 1.54) is 22.5 Å². The molecule has 0 amide bonds. The SMILES string of the molecule is Cc1csc([C@H](O)[C@@H](CO)NCCC(c2ccccc2)c2ccccc2)c1. The van der Waals surface area contributed by atoms with Crippen molar-refractivity contribution in [3.05, 3.63) is 93.7 Å². The second kappa shape index (κ2) is 9.81. The minimum Gasteiger partial charge on any atom is -0.395 e. The van der Waals surface area contributed by atoms with Gasteiger partial charge in [0.15, 0.2) is 0 Å². The summed E-state index contributed by atoms with van der Waals surface area (Å²) >= 11 is 1.53. The molecule has 0 aliphatic heterocycles. The molecule has 3 rings (SSSR count). The lowest BCUT2D eigenvalue weighted by Crippen LogP contribution is -2.38. The summed E-state index contributed by atoms with van der Waals surface area (Å²) in [5.41, 5.74) is 3.69. The van der Waals surface area contributed by atoms with Gasteiger partial charge < -0.3 is 15.5 Å². The zero-order valence-corrected chi connectivity index (χ0v) is 16.4. The Hall–Kier alpha value is -1.98. The van der Waals surface area contributed by atoms with Gasteiger partial charge in [-0.25, -0.2) is 0 Å². The lowest BCUT2D eigenvalue weighted by molar-refractivity contribution is 0.0925. The first-order valence-corrected chi connectivity index (χ1v) is 10.2. The summed E-state index contributed by atoms with van der Waals surface area (Å²) in [6, 6.07) is 22.6. The average molecular weight is 382 g/mol. The molecule has 0 radical (unpaired) electrons. The number of nitrogens with one attached hydrogen (secondary N) is 1. The molecule has 0 aliphatic rings. The molecule has 1 aromatic heterocycles. The number of hydrogen-bond donors (Lipinski definition) is 3. The largest absolute Gasteiger partial charge is 0.395 e. The third-order valence-corrected chi connectivity index (χ3v) is 5.98. The van der Waals surface area contributed by atoms with Gasteiger partial charge in [0.1, 0.15) is 6.10 Å². The Balaban J connectivity index is 1.66. The van der Waals surface area contributed by atoms with Crippen molar-refractivity contribution < 1.29 is 10.2 Å². The van der Waals surface area contributed by atoms with Crippen LogP contribution in [-0.2, 0) is 0 Å². The van der Waals surface area contributed by atoms with Crippen LogP contribution in [-0.4, -0.2) is 29.4 Å². The summed E-state index contributed by atoms with van der Waals surface area (Å²) in [5, 5.41) is 25.7. The standard InChI is InChI=1S/C23H27NO2S/c1-17-14-22(27-16-17)23(26)21(15-25)24-13-12-20(18-8-4-2-5-9-18)19-10-6-3-7-11-19/h2-11,14,16,20-21,23-26H,12-13,15H2,1H3/t21-,23-/m1/s1. The van der Waals surface area contributed by atoms with Crippen LogP contribution in [0.2, 0.25) is 0 Å². The predicted molar refractivity (Wildman–Crippen MR) is 112 cm³/mol. The molecule has 0 unspecified atom stereocenters. The highest BCUT2D eigenvalue weighted by molar-refractivity contribution is 7.10. The molecule has 0 spiro atoms. The molecule has 27 heavy (non-hydrogen) atoms. The van der Waals surface area contributed by atoms with E-state index in [1.54, 1.807) is 0 Å². The molecule has 0 aliphatic carbocycles. The van der Waals surface area contributed by atoms with Crippen molar-refractivity contribution in [3.63, 3.8) is 0 Å². The smallest absolute Gasteiger partial charge is 0.106 e. The Labute approximate surface area is 165 Å². The summed E-state index contributed by atoms with van der Waals surface area (Å²) < 4.78 is 0. The lowest BCUT2D eigenvalue weighted by Gasteiger charge is -2.24. The van der Waals surface area contributed by atoms with Gasteiger partial charge in [0, 0.05) is 10.8 Å². The average Bonchev–Trinajstić information content (AvgIpc) is 3.15. The zero-order chi connectivity index (χ0) is 19.1. The lowest BCUT2D eigenvalue weighted by atomic mass is 9.88. The van der Waals surface area contributed by atoms with Crippen LogP contribution >= 0.6 is 11.3 Å². The summed E-state index contributed by atoms with van der Waals surface area (Å²) in [4.78, 5) is 0.890. The monoisotopic (exact) mass is 381 g/mol. The van der Waals surface area contributed by atoms with Crippen LogP contribution in [0.15, 0.2) is 72.1 Å². The van der Waals surface area contributed by atoms with Crippen LogP contribution in [0.25, 0.3) is 0 Å². The summed E-state index contributed by atoms with van der Waals surface area (Å²) in [6.07, 6.45) is 0.196. The minimum absolute atomic E-state index is 0.0978. The van der Waals surface area contributed by atoms with Gasteiger partial charge in [0.25, 0.3) is 0 Å². The molecule has 142 valence electrons. The first-order valence-electron chi connectivity index (χ1n) is 9.36. The second-order valence-electron chi connectivity index (χ2n) is 6.88. The topological polar surface area (TPSA) is 52.5 Å². The molecule has 0 saturated heterocycles. The Bertz CT molecular complexity index is 764. The number of hydrogen-bond acceptors (Lipinski definition) is 4. The van der Waals surface area contributed by atoms with E-state index >= 15 is 0 Å². The fourth-order valence-electron chi connectivity index (χ4n) is 3.39. The number of aryl methyl sites for hydroxylation is 1. The minimum atomic E-state index is -0.694. The van der Waals surface area contributed by atoms with Crippen molar-refractivity contribution >= 4 is 11.3 Å². The highest BCUT2D eigenvalue weighted by Crippen LogP contribution is 2.28. The molecule has 3 N–H and O–H groups in total. The van der Waals surface area contributed by atoms with E-state index in [1.807, 2.05) is 30.5 Å². The van der Waals surface area contributed by atoms with Gasteiger partial charge in [0.2, 0.25) is 0 Å². The number of aliphatic hydroxyl groups excluding tert-OH is 2. The van der Waals surface area contributed by atoms with Crippen molar-refractivity contribution in [2.75, 3.05) is 13.2 Å². The first kappa shape index (κ1) is 19.8. The van der Waals surface area contributed by atoms with E-state index in [-0.39, 0.29) is 18.6 Å². The fraction of sp³-hybridized carbons (Fsp3) is 0.304. The molecule has 3 aromatic rings.